The van der Waals surface area contributed by atoms with Crippen LogP contribution < -0.4 is 0 Å². The van der Waals surface area contributed by atoms with Crippen molar-refractivity contribution in [3.05, 3.63) is 35.9 Å². The zero-order valence-electron chi connectivity index (χ0n) is 15.5. The highest BCUT2D eigenvalue weighted by Gasteiger charge is 2.51. The van der Waals surface area contributed by atoms with Crippen LogP contribution >= 0.6 is 0 Å². The Bertz CT molecular complexity index is 638. The van der Waals surface area contributed by atoms with E-state index in [0.29, 0.717) is 26.1 Å². The first kappa shape index (κ1) is 17.9. The van der Waals surface area contributed by atoms with E-state index in [2.05, 4.69) is 17.0 Å². The first-order chi connectivity index (χ1) is 11.8. The number of ketones is 1. The Labute approximate surface area is 149 Å². The molecule has 3 rings (SSSR count). The minimum Gasteiger partial charge on any atom is -0.444 e. The van der Waals surface area contributed by atoms with E-state index in [9.17, 15) is 9.59 Å². The van der Waals surface area contributed by atoms with Gasteiger partial charge in [0.15, 0.2) is 5.78 Å². The minimum absolute atomic E-state index is 0.261. The Balaban J connectivity index is 1.78. The van der Waals surface area contributed by atoms with E-state index in [0.717, 1.165) is 19.4 Å². The number of hydrogen-bond donors (Lipinski definition) is 0. The average molecular weight is 344 g/mol. The smallest absolute Gasteiger partial charge is 0.410 e. The molecule has 2 aliphatic rings. The molecule has 0 N–H and O–H groups in total. The van der Waals surface area contributed by atoms with E-state index in [4.69, 9.17) is 4.74 Å². The molecule has 1 atom stereocenters. The standard InChI is InChI=1S/C20H28N2O3/c1-19(2,3)25-18(24)21-12-13-22(14-16-8-5-4-6-9-16)20(15-21)11-7-10-17(20)23/h4-6,8-9H,7,10-15H2,1-3H3. The molecule has 1 aromatic rings. The number of carbonyl (C=O) groups excluding carboxylic acids is 2. The summed E-state index contributed by atoms with van der Waals surface area (Å²) in [5.41, 5.74) is 0.128. The lowest BCUT2D eigenvalue weighted by molar-refractivity contribution is -0.132. The van der Waals surface area contributed by atoms with E-state index < -0.39 is 11.1 Å². The molecular weight excluding hydrogens is 316 g/mol. The molecule has 0 bridgehead atoms. The largest absolute Gasteiger partial charge is 0.444 e. The third-order valence-electron chi connectivity index (χ3n) is 5.08. The molecule has 2 fully saturated rings. The summed E-state index contributed by atoms with van der Waals surface area (Å²) in [6.45, 7) is 8.08. The van der Waals surface area contributed by atoms with Gasteiger partial charge in [-0.15, -0.1) is 0 Å². The molecule has 1 aromatic carbocycles. The Morgan fingerprint density at radius 1 is 1.20 bits per heavy atom. The summed E-state index contributed by atoms with van der Waals surface area (Å²) in [4.78, 5) is 29.3. The zero-order chi connectivity index (χ0) is 18.1. The average Bonchev–Trinajstić information content (AvgIpc) is 2.90. The van der Waals surface area contributed by atoms with Crippen LogP contribution in [0.5, 0.6) is 0 Å². The van der Waals surface area contributed by atoms with Crippen LogP contribution in [0, 0.1) is 0 Å². The lowest BCUT2D eigenvalue weighted by atomic mass is 9.90. The predicted octanol–water partition coefficient (Wildman–Crippen LogP) is 3.23. The predicted molar refractivity (Wildman–Crippen MR) is 96.2 cm³/mol. The second kappa shape index (κ2) is 6.79. The van der Waals surface area contributed by atoms with Gasteiger partial charge in [0, 0.05) is 32.6 Å². The van der Waals surface area contributed by atoms with Gasteiger partial charge in [-0.3, -0.25) is 9.69 Å². The zero-order valence-corrected chi connectivity index (χ0v) is 15.5. The molecule has 0 aromatic heterocycles. The summed E-state index contributed by atoms with van der Waals surface area (Å²) >= 11 is 0. The van der Waals surface area contributed by atoms with Gasteiger partial charge in [0.1, 0.15) is 5.60 Å². The van der Waals surface area contributed by atoms with Crippen molar-refractivity contribution >= 4 is 11.9 Å². The van der Waals surface area contributed by atoms with Gasteiger partial charge >= 0.3 is 6.09 Å². The molecule has 1 aliphatic carbocycles. The summed E-state index contributed by atoms with van der Waals surface area (Å²) in [5, 5.41) is 0. The maximum Gasteiger partial charge on any atom is 0.410 e. The molecular formula is C20H28N2O3. The molecule has 1 aliphatic heterocycles. The van der Waals surface area contributed by atoms with Crippen molar-refractivity contribution in [3.63, 3.8) is 0 Å². The maximum absolute atomic E-state index is 12.8. The molecule has 0 radical (unpaired) electrons. The molecule has 1 spiro atoms. The number of benzene rings is 1. The first-order valence-corrected chi connectivity index (χ1v) is 9.10. The number of rotatable bonds is 2. The van der Waals surface area contributed by atoms with Gasteiger partial charge < -0.3 is 9.64 Å². The summed E-state index contributed by atoms with van der Waals surface area (Å²) in [5.74, 6) is 0.261. The molecule has 1 heterocycles. The number of hydrogen-bond acceptors (Lipinski definition) is 4. The van der Waals surface area contributed by atoms with Crippen LogP contribution in [-0.2, 0) is 16.1 Å². The van der Waals surface area contributed by atoms with E-state index in [1.54, 1.807) is 4.90 Å². The highest BCUT2D eigenvalue weighted by atomic mass is 16.6. The maximum atomic E-state index is 12.8. The number of ether oxygens (including phenoxy) is 1. The van der Waals surface area contributed by atoms with Gasteiger partial charge in [0.2, 0.25) is 0 Å². The van der Waals surface area contributed by atoms with Crippen molar-refractivity contribution in [2.45, 2.75) is 57.7 Å². The van der Waals surface area contributed by atoms with Crippen LogP contribution in [0.4, 0.5) is 4.79 Å². The van der Waals surface area contributed by atoms with Gasteiger partial charge in [-0.05, 0) is 39.2 Å². The second-order valence-electron chi connectivity index (χ2n) is 8.12. The highest BCUT2D eigenvalue weighted by Crippen LogP contribution is 2.36. The third kappa shape index (κ3) is 3.87. The topological polar surface area (TPSA) is 49.9 Å². The van der Waals surface area contributed by atoms with Crippen LogP contribution in [0.1, 0.15) is 45.6 Å². The number of nitrogens with zero attached hydrogens (tertiary/aromatic N) is 2. The molecule has 1 amide bonds. The second-order valence-corrected chi connectivity index (χ2v) is 8.12. The van der Waals surface area contributed by atoms with E-state index in [1.165, 1.54) is 5.56 Å². The van der Waals surface area contributed by atoms with Gasteiger partial charge in [0.25, 0.3) is 0 Å². The SMILES string of the molecule is CC(C)(C)OC(=O)N1CCN(Cc2ccccc2)C2(CCCC2=O)C1. The van der Waals surface area contributed by atoms with Crippen LogP contribution in [0.2, 0.25) is 0 Å². The van der Waals surface area contributed by atoms with Gasteiger partial charge in [0.05, 0.1) is 5.54 Å². The van der Waals surface area contributed by atoms with Gasteiger partial charge in [-0.25, -0.2) is 4.79 Å². The minimum atomic E-state index is -0.551. The number of amides is 1. The van der Waals surface area contributed by atoms with E-state index >= 15 is 0 Å². The van der Waals surface area contributed by atoms with Crippen molar-refractivity contribution in [2.75, 3.05) is 19.6 Å². The Morgan fingerprint density at radius 2 is 1.92 bits per heavy atom. The molecule has 5 heteroatoms. The molecule has 136 valence electrons. The molecule has 25 heavy (non-hydrogen) atoms. The lowest BCUT2D eigenvalue weighted by Crippen LogP contribution is -2.65. The third-order valence-corrected chi connectivity index (χ3v) is 5.08. The summed E-state index contributed by atoms with van der Waals surface area (Å²) < 4.78 is 5.53. The summed E-state index contributed by atoms with van der Waals surface area (Å²) in [6.07, 6.45) is 2.00. The molecule has 1 saturated heterocycles. The van der Waals surface area contributed by atoms with Gasteiger partial charge in [-0.1, -0.05) is 30.3 Å². The van der Waals surface area contributed by atoms with Crippen LogP contribution in [0.15, 0.2) is 30.3 Å². The van der Waals surface area contributed by atoms with Crippen molar-refractivity contribution < 1.29 is 14.3 Å². The van der Waals surface area contributed by atoms with Crippen molar-refractivity contribution in [1.82, 2.24) is 9.80 Å². The van der Waals surface area contributed by atoms with Crippen LogP contribution in [0.25, 0.3) is 0 Å². The number of piperazine rings is 1. The molecule has 1 unspecified atom stereocenters. The van der Waals surface area contributed by atoms with Crippen LogP contribution in [-0.4, -0.2) is 52.5 Å². The van der Waals surface area contributed by atoms with Gasteiger partial charge in [-0.2, -0.15) is 0 Å². The fourth-order valence-corrected chi connectivity index (χ4v) is 3.88. The Hall–Kier alpha value is -1.88. The van der Waals surface area contributed by atoms with Crippen LogP contribution in [0.3, 0.4) is 0 Å². The highest BCUT2D eigenvalue weighted by molar-refractivity contribution is 5.91. The Kier molecular flexibility index (Phi) is 4.87. The quantitative estimate of drug-likeness (QED) is 0.826. The normalized spacial score (nSPS) is 24.8. The number of carbonyl (C=O) groups is 2. The van der Waals surface area contributed by atoms with E-state index in [-0.39, 0.29) is 11.9 Å². The number of Topliss-reactive ketones (excluding diaryl/α,β-unsaturated/α-hetero) is 1. The summed E-state index contributed by atoms with van der Waals surface area (Å²) in [7, 11) is 0. The summed E-state index contributed by atoms with van der Waals surface area (Å²) in [6, 6.07) is 10.2. The van der Waals surface area contributed by atoms with E-state index in [1.807, 2.05) is 39.0 Å². The monoisotopic (exact) mass is 344 g/mol. The Morgan fingerprint density at radius 3 is 2.52 bits per heavy atom. The fraction of sp³-hybridized carbons (Fsp3) is 0.600. The molecule has 5 nitrogen and oxygen atoms in total. The van der Waals surface area contributed by atoms with Crippen molar-refractivity contribution in [1.29, 1.82) is 0 Å². The lowest BCUT2D eigenvalue weighted by Gasteiger charge is -2.48. The van der Waals surface area contributed by atoms with Crippen molar-refractivity contribution in [2.24, 2.45) is 0 Å². The first-order valence-electron chi connectivity index (χ1n) is 9.10. The fourth-order valence-electron chi connectivity index (χ4n) is 3.88. The van der Waals surface area contributed by atoms with Crippen molar-refractivity contribution in [3.8, 4) is 0 Å². The molecule has 1 saturated carbocycles.